The maximum absolute atomic E-state index is 12.5. The Bertz CT molecular complexity index is 440. The highest BCUT2D eigenvalue weighted by molar-refractivity contribution is 5.81. The van der Waals surface area contributed by atoms with Crippen LogP contribution >= 0.6 is 0 Å². The molecule has 0 amide bonds. The van der Waals surface area contributed by atoms with E-state index in [4.69, 9.17) is 4.74 Å². The van der Waals surface area contributed by atoms with Crippen molar-refractivity contribution in [1.82, 2.24) is 5.32 Å². The first kappa shape index (κ1) is 15.0. The number of hydrogen-bond donors (Lipinski definition) is 2. The predicted octanol–water partition coefficient (Wildman–Crippen LogP) is 1.83. The van der Waals surface area contributed by atoms with Crippen LogP contribution in [0.3, 0.4) is 0 Å². The van der Waals surface area contributed by atoms with Crippen LogP contribution in [0.5, 0.6) is 0 Å². The van der Waals surface area contributed by atoms with E-state index in [-0.39, 0.29) is 12.0 Å². The number of ether oxygens (including phenoxy) is 1. The summed E-state index contributed by atoms with van der Waals surface area (Å²) in [6.07, 6.45) is 1.50. The number of hydrogen-bond acceptors (Lipinski definition) is 4. The van der Waals surface area contributed by atoms with Gasteiger partial charge in [-0.1, -0.05) is 44.2 Å². The molecule has 0 bridgehead atoms. The summed E-state index contributed by atoms with van der Waals surface area (Å²) >= 11 is 0. The smallest absolute Gasteiger partial charge is 0.343 e. The number of piperidine rings is 1. The Morgan fingerprint density at radius 1 is 1.30 bits per heavy atom. The third-order valence-corrected chi connectivity index (χ3v) is 3.92. The second-order valence-corrected chi connectivity index (χ2v) is 5.64. The van der Waals surface area contributed by atoms with E-state index in [0.29, 0.717) is 5.56 Å². The van der Waals surface area contributed by atoms with Gasteiger partial charge in [-0.3, -0.25) is 0 Å². The number of esters is 1. The monoisotopic (exact) mass is 277 g/mol. The molecule has 0 aliphatic carbocycles. The van der Waals surface area contributed by atoms with E-state index in [1.165, 1.54) is 0 Å². The van der Waals surface area contributed by atoms with E-state index in [2.05, 4.69) is 5.32 Å². The van der Waals surface area contributed by atoms with Crippen LogP contribution in [0.1, 0.15) is 32.3 Å². The van der Waals surface area contributed by atoms with E-state index in [1.807, 2.05) is 32.0 Å². The van der Waals surface area contributed by atoms with E-state index in [1.54, 1.807) is 12.1 Å². The van der Waals surface area contributed by atoms with Crippen LogP contribution in [0.2, 0.25) is 0 Å². The van der Waals surface area contributed by atoms with Crippen molar-refractivity contribution >= 4 is 5.97 Å². The second kappa shape index (κ2) is 6.37. The minimum Gasteiger partial charge on any atom is -0.460 e. The lowest BCUT2D eigenvalue weighted by Gasteiger charge is -2.33. The summed E-state index contributed by atoms with van der Waals surface area (Å²) < 4.78 is 5.54. The van der Waals surface area contributed by atoms with Gasteiger partial charge in [0.2, 0.25) is 0 Å². The lowest BCUT2D eigenvalue weighted by atomic mass is 9.83. The largest absolute Gasteiger partial charge is 0.460 e. The molecule has 0 spiro atoms. The highest BCUT2D eigenvalue weighted by Crippen LogP contribution is 2.31. The summed E-state index contributed by atoms with van der Waals surface area (Å²) in [5.41, 5.74) is -0.986. The molecule has 1 heterocycles. The van der Waals surface area contributed by atoms with E-state index in [9.17, 15) is 9.90 Å². The van der Waals surface area contributed by atoms with Crippen molar-refractivity contribution in [2.45, 2.75) is 38.4 Å². The zero-order valence-electron chi connectivity index (χ0n) is 12.1. The average molecular weight is 277 g/mol. The maximum atomic E-state index is 12.5. The van der Waals surface area contributed by atoms with Gasteiger partial charge in [0.05, 0.1) is 0 Å². The zero-order chi connectivity index (χ0) is 14.6. The summed E-state index contributed by atoms with van der Waals surface area (Å²) in [6, 6.07) is 9.04. The minimum absolute atomic E-state index is 0.0993. The molecule has 1 aliphatic rings. The van der Waals surface area contributed by atoms with Crippen LogP contribution in [0.15, 0.2) is 30.3 Å². The molecule has 2 rings (SSSR count). The first-order valence-corrected chi connectivity index (χ1v) is 7.25. The Balaban J connectivity index is 2.17. The maximum Gasteiger partial charge on any atom is 0.343 e. The molecule has 110 valence electrons. The topological polar surface area (TPSA) is 58.6 Å². The highest BCUT2D eigenvalue weighted by atomic mass is 16.6. The second-order valence-electron chi connectivity index (χ2n) is 5.64. The Morgan fingerprint density at radius 2 is 1.90 bits per heavy atom. The number of aliphatic hydroxyl groups is 1. The van der Waals surface area contributed by atoms with Crippen LogP contribution in [-0.2, 0) is 15.1 Å². The van der Waals surface area contributed by atoms with Gasteiger partial charge in [-0.05, 0) is 37.4 Å². The predicted molar refractivity (Wildman–Crippen MR) is 77.2 cm³/mol. The standard InChI is InChI=1S/C16H23NO3/c1-12(2)16(19,13-6-4-3-5-7-13)15(18)20-14-8-10-17-11-9-14/h3-7,12,14,17,19H,8-11H2,1-2H3. The summed E-state index contributed by atoms with van der Waals surface area (Å²) in [4.78, 5) is 12.5. The van der Waals surface area contributed by atoms with Crippen molar-refractivity contribution in [1.29, 1.82) is 0 Å². The molecule has 2 N–H and O–H groups in total. The molecule has 1 fully saturated rings. The lowest BCUT2D eigenvalue weighted by Crippen LogP contribution is -2.45. The summed E-state index contributed by atoms with van der Waals surface area (Å²) in [7, 11) is 0. The van der Waals surface area contributed by atoms with Crippen molar-refractivity contribution in [2.75, 3.05) is 13.1 Å². The molecule has 1 aromatic rings. The molecule has 4 nitrogen and oxygen atoms in total. The molecule has 1 unspecified atom stereocenters. The molecule has 1 atom stereocenters. The first-order chi connectivity index (χ1) is 9.55. The molecular formula is C16H23NO3. The number of benzene rings is 1. The molecule has 0 saturated carbocycles. The van der Waals surface area contributed by atoms with E-state index in [0.717, 1.165) is 25.9 Å². The molecule has 4 heteroatoms. The van der Waals surface area contributed by atoms with Crippen molar-refractivity contribution in [3.8, 4) is 0 Å². The third kappa shape index (κ3) is 3.02. The quantitative estimate of drug-likeness (QED) is 0.824. The fraction of sp³-hybridized carbons (Fsp3) is 0.562. The van der Waals surface area contributed by atoms with Crippen LogP contribution in [0.4, 0.5) is 0 Å². The molecule has 1 saturated heterocycles. The molecule has 20 heavy (non-hydrogen) atoms. The number of carbonyl (C=O) groups excluding carboxylic acids is 1. The Kier molecular flexibility index (Phi) is 4.78. The van der Waals surface area contributed by atoms with Gasteiger partial charge in [-0.15, -0.1) is 0 Å². The Labute approximate surface area is 120 Å². The van der Waals surface area contributed by atoms with Crippen LogP contribution in [0.25, 0.3) is 0 Å². The Morgan fingerprint density at radius 3 is 2.45 bits per heavy atom. The van der Waals surface area contributed by atoms with Gasteiger partial charge in [-0.2, -0.15) is 0 Å². The molecule has 1 aliphatic heterocycles. The summed E-state index contributed by atoms with van der Waals surface area (Å²) in [6.45, 7) is 5.36. The fourth-order valence-corrected chi connectivity index (χ4v) is 2.53. The molecule has 0 radical (unpaired) electrons. The fourth-order valence-electron chi connectivity index (χ4n) is 2.53. The zero-order valence-corrected chi connectivity index (χ0v) is 12.1. The summed E-state index contributed by atoms with van der Waals surface area (Å²) in [5.74, 6) is -0.787. The van der Waals surface area contributed by atoms with Crippen LogP contribution in [0, 0.1) is 5.92 Å². The van der Waals surface area contributed by atoms with Crippen molar-refractivity contribution < 1.29 is 14.6 Å². The number of carbonyl (C=O) groups is 1. The van der Waals surface area contributed by atoms with Gasteiger partial charge >= 0.3 is 5.97 Å². The van der Waals surface area contributed by atoms with Gasteiger partial charge in [0.15, 0.2) is 5.60 Å². The average Bonchev–Trinajstić information content (AvgIpc) is 2.48. The van der Waals surface area contributed by atoms with Gasteiger partial charge in [0, 0.05) is 0 Å². The molecule has 1 aromatic carbocycles. The summed E-state index contributed by atoms with van der Waals surface area (Å²) in [5, 5.41) is 14.1. The third-order valence-electron chi connectivity index (χ3n) is 3.92. The lowest BCUT2D eigenvalue weighted by molar-refractivity contribution is -0.179. The van der Waals surface area contributed by atoms with Crippen molar-refractivity contribution in [3.63, 3.8) is 0 Å². The van der Waals surface area contributed by atoms with Crippen molar-refractivity contribution in [3.05, 3.63) is 35.9 Å². The van der Waals surface area contributed by atoms with E-state index >= 15 is 0 Å². The van der Waals surface area contributed by atoms with Crippen LogP contribution in [-0.4, -0.2) is 30.3 Å². The molecule has 0 aromatic heterocycles. The normalized spacial score (nSPS) is 19.6. The Hall–Kier alpha value is -1.39. The van der Waals surface area contributed by atoms with E-state index < -0.39 is 11.6 Å². The van der Waals surface area contributed by atoms with Gasteiger partial charge in [-0.25, -0.2) is 4.79 Å². The van der Waals surface area contributed by atoms with Gasteiger partial charge < -0.3 is 15.2 Å². The SMILES string of the molecule is CC(C)C(O)(C(=O)OC1CCNCC1)c1ccccc1. The van der Waals surface area contributed by atoms with Crippen molar-refractivity contribution in [2.24, 2.45) is 5.92 Å². The molecular weight excluding hydrogens is 254 g/mol. The minimum atomic E-state index is -1.58. The van der Waals surface area contributed by atoms with Gasteiger partial charge in [0.25, 0.3) is 0 Å². The van der Waals surface area contributed by atoms with Crippen LogP contribution < -0.4 is 5.32 Å². The number of rotatable bonds is 4. The number of nitrogens with one attached hydrogen (secondary N) is 1. The first-order valence-electron chi connectivity index (χ1n) is 7.25. The highest BCUT2D eigenvalue weighted by Gasteiger charge is 2.43. The van der Waals surface area contributed by atoms with Gasteiger partial charge in [0.1, 0.15) is 6.10 Å².